The molecule has 0 heterocycles. The molecule has 0 bridgehead atoms. The summed E-state index contributed by atoms with van der Waals surface area (Å²) in [5.41, 5.74) is -0.670. The van der Waals surface area contributed by atoms with Gasteiger partial charge in [0, 0.05) is 19.6 Å². The van der Waals surface area contributed by atoms with Crippen LogP contribution in [-0.2, 0) is 9.53 Å². The van der Waals surface area contributed by atoms with Crippen LogP contribution in [0, 0.1) is 16.7 Å². The van der Waals surface area contributed by atoms with Gasteiger partial charge < -0.3 is 4.74 Å². The van der Waals surface area contributed by atoms with Gasteiger partial charge in [-0.2, -0.15) is 5.26 Å². The van der Waals surface area contributed by atoms with Crippen LogP contribution in [0.2, 0.25) is 0 Å². The Kier molecular flexibility index (Phi) is 4.09. The van der Waals surface area contributed by atoms with E-state index < -0.39 is 5.41 Å². The fraction of sp³-hybridized carbons (Fsp3) is 0.818. The molecule has 0 spiro atoms. The molecule has 1 unspecified atom stereocenters. The van der Waals surface area contributed by atoms with Crippen LogP contribution < -0.4 is 0 Å². The van der Waals surface area contributed by atoms with E-state index in [-0.39, 0.29) is 5.78 Å². The van der Waals surface area contributed by atoms with Crippen molar-refractivity contribution < 1.29 is 9.53 Å². The molecule has 0 saturated heterocycles. The van der Waals surface area contributed by atoms with Gasteiger partial charge in [-0.25, -0.2) is 0 Å². The topological polar surface area (TPSA) is 50.1 Å². The molecule has 3 heteroatoms. The number of Topliss-reactive ketones (excluding diaryl/α,β-unsaturated/α-hetero) is 1. The smallest absolute Gasteiger partial charge is 0.153 e. The Balaban J connectivity index is 2.39. The zero-order chi connectivity index (χ0) is 10.4. The van der Waals surface area contributed by atoms with E-state index in [4.69, 9.17) is 10.00 Å². The Bertz CT molecular complexity index is 244. The summed E-state index contributed by atoms with van der Waals surface area (Å²) in [7, 11) is 0. The Hall–Kier alpha value is -0.880. The second-order valence-electron chi connectivity index (χ2n) is 3.77. The Morgan fingerprint density at radius 3 is 2.93 bits per heavy atom. The summed E-state index contributed by atoms with van der Waals surface area (Å²) in [4.78, 5) is 11.5. The third kappa shape index (κ3) is 2.33. The summed E-state index contributed by atoms with van der Waals surface area (Å²) in [5.74, 6) is 0.136. The summed E-state index contributed by atoms with van der Waals surface area (Å²) >= 11 is 0. The fourth-order valence-electron chi connectivity index (χ4n) is 1.99. The van der Waals surface area contributed by atoms with Crippen LogP contribution in [0.5, 0.6) is 0 Å². The minimum absolute atomic E-state index is 0.136. The van der Waals surface area contributed by atoms with Crippen molar-refractivity contribution in [3.05, 3.63) is 0 Å². The number of carbonyl (C=O) groups is 1. The largest absolute Gasteiger partial charge is 0.382 e. The average molecular weight is 195 g/mol. The quantitative estimate of drug-likeness (QED) is 0.631. The van der Waals surface area contributed by atoms with E-state index >= 15 is 0 Å². The molecule has 1 saturated carbocycles. The Morgan fingerprint density at radius 1 is 1.64 bits per heavy atom. The summed E-state index contributed by atoms with van der Waals surface area (Å²) in [6, 6.07) is 2.20. The Labute approximate surface area is 85.1 Å². The minimum Gasteiger partial charge on any atom is -0.382 e. The maximum absolute atomic E-state index is 11.5. The SMILES string of the molecule is CCOCCCC1(C#N)CCCC1=O. The van der Waals surface area contributed by atoms with E-state index in [0.717, 1.165) is 19.3 Å². The highest BCUT2D eigenvalue weighted by Crippen LogP contribution is 2.38. The van der Waals surface area contributed by atoms with Crippen molar-refractivity contribution >= 4 is 5.78 Å². The first-order valence-corrected chi connectivity index (χ1v) is 5.27. The second-order valence-corrected chi connectivity index (χ2v) is 3.77. The van der Waals surface area contributed by atoms with Crippen LogP contribution in [0.15, 0.2) is 0 Å². The van der Waals surface area contributed by atoms with Crippen molar-refractivity contribution in [3.63, 3.8) is 0 Å². The lowest BCUT2D eigenvalue weighted by Crippen LogP contribution is -2.24. The van der Waals surface area contributed by atoms with E-state index in [1.165, 1.54) is 0 Å². The highest BCUT2D eigenvalue weighted by Gasteiger charge is 2.41. The normalized spacial score (nSPS) is 26.4. The van der Waals surface area contributed by atoms with Gasteiger partial charge in [-0.1, -0.05) is 0 Å². The number of hydrogen-bond donors (Lipinski definition) is 0. The molecule has 1 aliphatic rings. The van der Waals surface area contributed by atoms with Crippen molar-refractivity contribution in [1.82, 2.24) is 0 Å². The van der Waals surface area contributed by atoms with Crippen molar-refractivity contribution in [2.75, 3.05) is 13.2 Å². The molecule has 1 atom stereocenters. The third-order valence-electron chi connectivity index (χ3n) is 2.85. The number of ketones is 1. The predicted octanol–water partition coefficient (Wildman–Crippen LogP) is 2.07. The maximum atomic E-state index is 11.5. The molecule has 0 amide bonds. The number of nitriles is 1. The number of ether oxygens (including phenoxy) is 1. The zero-order valence-corrected chi connectivity index (χ0v) is 8.71. The van der Waals surface area contributed by atoms with Crippen LogP contribution in [0.1, 0.15) is 39.0 Å². The lowest BCUT2D eigenvalue weighted by atomic mass is 9.82. The summed E-state index contributed by atoms with van der Waals surface area (Å²) in [6.45, 7) is 3.31. The van der Waals surface area contributed by atoms with Crippen LogP contribution in [-0.4, -0.2) is 19.0 Å². The van der Waals surface area contributed by atoms with Gasteiger partial charge in [0.2, 0.25) is 0 Å². The molecular weight excluding hydrogens is 178 g/mol. The van der Waals surface area contributed by atoms with Gasteiger partial charge in [0.25, 0.3) is 0 Å². The number of rotatable bonds is 5. The molecule has 0 aromatic rings. The monoisotopic (exact) mass is 195 g/mol. The van der Waals surface area contributed by atoms with Gasteiger partial charge in [0.1, 0.15) is 5.41 Å². The number of nitrogens with zero attached hydrogens (tertiary/aromatic N) is 1. The fourth-order valence-corrected chi connectivity index (χ4v) is 1.99. The first-order chi connectivity index (χ1) is 6.75. The molecule has 1 aliphatic carbocycles. The molecule has 0 N–H and O–H groups in total. The minimum atomic E-state index is -0.670. The van der Waals surface area contributed by atoms with Crippen molar-refractivity contribution in [3.8, 4) is 6.07 Å². The Morgan fingerprint density at radius 2 is 2.43 bits per heavy atom. The molecule has 0 aliphatic heterocycles. The van der Waals surface area contributed by atoms with E-state index in [1.807, 2.05) is 6.92 Å². The van der Waals surface area contributed by atoms with Gasteiger partial charge in [-0.15, -0.1) is 0 Å². The van der Waals surface area contributed by atoms with Crippen LogP contribution >= 0.6 is 0 Å². The molecule has 1 rings (SSSR count). The first kappa shape index (κ1) is 11.2. The van der Waals surface area contributed by atoms with E-state index in [1.54, 1.807) is 0 Å². The van der Waals surface area contributed by atoms with E-state index in [9.17, 15) is 4.79 Å². The van der Waals surface area contributed by atoms with Gasteiger partial charge in [-0.05, 0) is 32.6 Å². The number of carbonyl (C=O) groups excluding carboxylic acids is 1. The number of hydrogen-bond acceptors (Lipinski definition) is 3. The summed E-state index contributed by atoms with van der Waals surface area (Å²) in [6.07, 6.45) is 3.69. The molecule has 14 heavy (non-hydrogen) atoms. The molecule has 0 aromatic heterocycles. The van der Waals surface area contributed by atoms with Gasteiger partial charge in [0.05, 0.1) is 6.07 Å². The van der Waals surface area contributed by atoms with Crippen LogP contribution in [0.3, 0.4) is 0 Å². The summed E-state index contributed by atoms with van der Waals surface area (Å²) in [5, 5.41) is 9.03. The van der Waals surface area contributed by atoms with Crippen molar-refractivity contribution in [2.24, 2.45) is 5.41 Å². The molecule has 0 radical (unpaired) electrons. The second kappa shape index (κ2) is 5.11. The molecule has 3 nitrogen and oxygen atoms in total. The first-order valence-electron chi connectivity index (χ1n) is 5.27. The van der Waals surface area contributed by atoms with Crippen LogP contribution in [0.4, 0.5) is 0 Å². The predicted molar refractivity (Wildman–Crippen MR) is 52.6 cm³/mol. The third-order valence-corrected chi connectivity index (χ3v) is 2.85. The molecule has 78 valence electrons. The van der Waals surface area contributed by atoms with Gasteiger partial charge in [-0.3, -0.25) is 4.79 Å². The van der Waals surface area contributed by atoms with Crippen molar-refractivity contribution in [1.29, 1.82) is 5.26 Å². The highest BCUT2D eigenvalue weighted by atomic mass is 16.5. The standard InChI is InChI=1S/C11H17NO2/c1-2-14-8-4-7-11(9-12)6-3-5-10(11)13/h2-8H2,1H3. The summed E-state index contributed by atoms with van der Waals surface area (Å²) < 4.78 is 5.20. The average Bonchev–Trinajstić information content (AvgIpc) is 2.56. The zero-order valence-electron chi connectivity index (χ0n) is 8.71. The van der Waals surface area contributed by atoms with E-state index in [2.05, 4.69) is 6.07 Å². The highest BCUT2D eigenvalue weighted by molar-refractivity contribution is 5.89. The lowest BCUT2D eigenvalue weighted by molar-refractivity contribution is -0.123. The molecule has 0 aromatic carbocycles. The van der Waals surface area contributed by atoms with E-state index in [0.29, 0.717) is 26.1 Å². The van der Waals surface area contributed by atoms with Crippen LogP contribution in [0.25, 0.3) is 0 Å². The van der Waals surface area contributed by atoms with Crippen molar-refractivity contribution in [2.45, 2.75) is 39.0 Å². The lowest BCUT2D eigenvalue weighted by Gasteiger charge is -2.17. The molecule has 1 fully saturated rings. The van der Waals surface area contributed by atoms with Gasteiger partial charge >= 0.3 is 0 Å². The maximum Gasteiger partial charge on any atom is 0.153 e. The van der Waals surface area contributed by atoms with Gasteiger partial charge in [0.15, 0.2) is 5.78 Å². The molecular formula is C11H17NO2.